The lowest BCUT2D eigenvalue weighted by Crippen LogP contribution is -2.22. The van der Waals surface area contributed by atoms with Crippen LogP contribution in [0.2, 0.25) is 0 Å². The van der Waals surface area contributed by atoms with Gasteiger partial charge in [0.15, 0.2) is 23.0 Å². The maximum Gasteiger partial charge on any atom is 0.511 e. The van der Waals surface area contributed by atoms with Gasteiger partial charge in [-0.25, -0.2) is 4.79 Å². The minimum Gasteiger partial charge on any atom is -0.504 e. The van der Waals surface area contributed by atoms with E-state index in [2.05, 4.69) is 0 Å². The summed E-state index contributed by atoms with van der Waals surface area (Å²) in [5.41, 5.74) is -0.143. The molecule has 1 aromatic rings. The number of carboxylic acid groups (broad SMARTS) is 1. The van der Waals surface area contributed by atoms with Gasteiger partial charge >= 0.3 is 6.16 Å². The molecule has 0 aromatic heterocycles. The van der Waals surface area contributed by atoms with Gasteiger partial charge in [0, 0.05) is 5.56 Å². The van der Waals surface area contributed by atoms with Gasteiger partial charge in [0.25, 0.3) is 0 Å². The Bertz CT molecular complexity index is 635. The first-order chi connectivity index (χ1) is 11.4. The van der Waals surface area contributed by atoms with Crippen molar-refractivity contribution < 1.29 is 29.2 Å². The molecule has 0 aliphatic heterocycles. The molecule has 2 N–H and O–H groups in total. The fourth-order valence-corrected chi connectivity index (χ4v) is 2.80. The van der Waals surface area contributed by atoms with Crippen molar-refractivity contribution in [3.8, 4) is 23.0 Å². The molecule has 6 nitrogen and oxygen atoms in total. The summed E-state index contributed by atoms with van der Waals surface area (Å²) in [4.78, 5) is 11.2. The van der Waals surface area contributed by atoms with Crippen LogP contribution in [0.5, 0.6) is 23.0 Å². The van der Waals surface area contributed by atoms with Crippen molar-refractivity contribution in [2.45, 2.75) is 66.2 Å². The molecule has 0 bridgehead atoms. The third-order valence-electron chi connectivity index (χ3n) is 3.61. The Morgan fingerprint density at radius 1 is 0.840 bits per heavy atom. The summed E-state index contributed by atoms with van der Waals surface area (Å²) in [5.74, 6) is 0.511. The van der Waals surface area contributed by atoms with E-state index in [0.717, 1.165) is 0 Å². The van der Waals surface area contributed by atoms with E-state index in [-0.39, 0.29) is 11.5 Å². The largest absolute Gasteiger partial charge is 0.511 e. The van der Waals surface area contributed by atoms with Gasteiger partial charge in [0.1, 0.15) is 0 Å². The summed E-state index contributed by atoms with van der Waals surface area (Å²) in [5, 5.41) is 20.1. The fraction of sp³-hybridized carbons (Fsp3) is 0.632. The van der Waals surface area contributed by atoms with Crippen LogP contribution in [0.15, 0.2) is 0 Å². The van der Waals surface area contributed by atoms with Crippen LogP contribution in [0.1, 0.15) is 66.5 Å². The highest BCUT2D eigenvalue weighted by molar-refractivity contribution is 5.73. The van der Waals surface area contributed by atoms with Crippen molar-refractivity contribution in [3.63, 3.8) is 0 Å². The smallest absolute Gasteiger partial charge is 0.504 e. The van der Waals surface area contributed by atoms with Crippen molar-refractivity contribution in [2.24, 2.45) is 0 Å². The van der Waals surface area contributed by atoms with E-state index >= 15 is 0 Å². The number of hydrogen-bond donors (Lipinski definition) is 2. The molecule has 0 spiro atoms. The van der Waals surface area contributed by atoms with Crippen LogP contribution in [-0.2, 0) is 10.8 Å². The van der Waals surface area contributed by atoms with E-state index in [1.807, 2.05) is 55.4 Å². The molecule has 0 radical (unpaired) electrons. The van der Waals surface area contributed by atoms with Crippen LogP contribution in [0, 0.1) is 0 Å². The van der Waals surface area contributed by atoms with Crippen molar-refractivity contribution in [1.82, 2.24) is 0 Å². The van der Waals surface area contributed by atoms with Crippen molar-refractivity contribution in [1.29, 1.82) is 0 Å². The van der Waals surface area contributed by atoms with Gasteiger partial charge in [-0.2, -0.15) is 0 Å². The molecule has 0 saturated heterocycles. The summed E-state index contributed by atoms with van der Waals surface area (Å²) in [6.07, 6.45) is -1.49. The van der Waals surface area contributed by atoms with Crippen LogP contribution in [-0.4, -0.2) is 29.6 Å². The Kier molecular flexibility index (Phi) is 6.21. The highest BCUT2D eigenvalue weighted by atomic mass is 16.7. The van der Waals surface area contributed by atoms with Crippen molar-refractivity contribution >= 4 is 6.16 Å². The monoisotopic (exact) mass is 354 g/mol. The maximum absolute atomic E-state index is 11.2. The van der Waals surface area contributed by atoms with Crippen LogP contribution in [0.4, 0.5) is 4.79 Å². The van der Waals surface area contributed by atoms with Crippen LogP contribution >= 0.6 is 0 Å². The van der Waals surface area contributed by atoms with E-state index in [1.54, 1.807) is 0 Å². The number of rotatable bonds is 5. The lowest BCUT2D eigenvalue weighted by atomic mass is 9.79. The lowest BCUT2D eigenvalue weighted by molar-refractivity contribution is 0.141. The van der Waals surface area contributed by atoms with E-state index in [0.29, 0.717) is 35.8 Å². The molecule has 0 aliphatic carbocycles. The number of hydrogen-bond acceptors (Lipinski definition) is 5. The van der Waals surface area contributed by atoms with Crippen LogP contribution < -0.4 is 14.2 Å². The molecular weight excluding hydrogens is 324 g/mol. The summed E-state index contributed by atoms with van der Waals surface area (Å²) in [7, 11) is 0. The highest BCUT2D eigenvalue weighted by Crippen LogP contribution is 2.55. The number of benzene rings is 1. The average Bonchev–Trinajstić information content (AvgIpc) is 2.40. The number of carbonyl (C=O) groups is 1. The van der Waals surface area contributed by atoms with E-state index in [1.165, 1.54) is 0 Å². The van der Waals surface area contributed by atoms with E-state index in [4.69, 9.17) is 19.3 Å². The summed E-state index contributed by atoms with van der Waals surface area (Å²) in [6.45, 7) is 15.8. The minimum absolute atomic E-state index is 0.100. The normalized spacial score (nSPS) is 12.0. The molecule has 0 atom stereocenters. The Labute approximate surface area is 149 Å². The summed E-state index contributed by atoms with van der Waals surface area (Å²) in [6, 6.07) is 0. The molecule has 142 valence electrons. The molecule has 1 aromatic carbocycles. The Morgan fingerprint density at radius 2 is 1.24 bits per heavy atom. The number of aromatic hydroxyl groups is 1. The molecule has 25 heavy (non-hydrogen) atoms. The highest BCUT2D eigenvalue weighted by Gasteiger charge is 2.37. The molecule has 1 rings (SSSR count). The molecule has 6 heteroatoms. The molecule has 0 fully saturated rings. The van der Waals surface area contributed by atoms with Gasteiger partial charge < -0.3 is 24.4 Å². The fourth-order valence-electron chi connectivity index (χ4n) is 2.80. The third-order valence-corrected chi connectivity index (χ3v) is 3.61. The number of ether oxygens (including phenoxy) is 3. The zero-order chi connectivity index (χ0) is 19.6. The zero-order valence-corrected chi connectivity index (χ0v) is 16.4. The topological polar surface area (TPSA) is 85.2 Å². The second kappa shape index (κ2) is 7.42. The first-order valence-corrected chi connectivity index (χ1v) is 8.46. The SMILES string of the molecule is CCOc1c(OCC)c(C(C)(C)C)c(OC(=O)O)c(O)c1C(C)(C)C. The van der Waals surface area contributed by atoms with Gasteiger partial charge in [-0.3, -0.25) is 0 Å². The zero-order valence-electron chi connectivity index (χ0n) is 16.4. The molecule has 0 amide bonds. The van der Waals surface area contributed by atoms with Gasteiger partial charge in [0.2, 0.25) is 0 Å². The maximum atomic E-state index is 11.2. The van der Waals surface area contributed by atoms with Gasteiger partial charge in [-0.05, 0) is 24.7 Å². The van der Waals surface area contributed by atoms with Crippen molar-refractivity contribution in [3.05, 3.63) is 11.1 Å². The first-order valence-electron chi connectivity index (χ1n) is 8.46. The molecule has 0 unspecified atom stereocenters. The lowest BCUT2D eigenvalue weighted by Gasteiger charge is -2.32. The van der Waals surface area contributed by atoms with E-state index < -0.39 is 17.0 Å². The molecule has 0 saturated carbocycles. The number of phenolic OH excluding ortho intramolecular Hbond substituents is 1. The van der Waals surface area contributed by atoms with Gasteiger partial charge in [-0.15, -0.1) is 0 Å². The molecular formula is C19H30O6. The quantitative estimate of drug-likeness (QED) is 0.581. The second-order valence-electron chi connectivity index (χ2n) is 7.82. The Hall–Kier alpha value is -2.11. The average molecular weight is 354 g/mol. The predicted molar refractivity (Wildman–Crippen MR) is 96.5 cm³/mol. The van der Waals surface area contributed by atoms with Crippen LogP contribution in [0.3, 0.4) is 0 Å². The first kappa shape index (κ1) is 20.9. The third kappa shape index (κ3) is 4.50. The van der Waals surface area contributed by atoms with Gasteiger partial charge in [0.05, 0.1) is 18.8 Å². The predicted octanol–water partition coefficient (Wildman–Crippen LogP) is 4.84. The Morgan fingerprint density at radius 3 is 1.56 bits per heavy atom. The summed E-state index contributed by atoms with van der Waals surface area (Å²) < 4.78 is 16.7. The second-order valence-corrected chi connectivity index (χ2v) is 7.82. The number of phenols is 1. The van der Waals surface area contributed by atoms with Crippen LogP contribution in [0.25, 0.3) is 0 Å². The molecule has 0 heterocycles. The molecule has 0 aliphatic rings. The Balaban J connectivity index is 4.07. The van der Waals surface area contributed by atoms with Crippen molar-refractivity contribution in [2.75, 3.05) is 13.2 Å². The summed E-state index contributed by atoms with van der Waals surface area (Å²) >= 11 is 0. The van der Waals surface area contributed by atoms with Gasteiger partial charge in [-0.1, -0.05) is 41.5 Å². The standard InChI is InChI=1S/C19H30O6/c1-9-23-15-11(18(3,4)5)13(20)14(25-17(21)22)12(19(6,7)8)16(15)24-10-2/h20H,9-10H2,1-8H3,(H,21,22). The van der Waals surface area contributed by atoms with E-state index in [9.17, 15) is 9.90 Å². The minimum atomic E-state index is -1.49.